The number of carbonyl (C=O) groups excluding carboxylic acids is 1. The summed E-state index contributed by atoms with van der Waals surface area (Å²) in [6, 6.07) is 7.47. The molecule has 3 heteroatoms. The first kappa shape index (κ1) is 14.5. The highest BCUT2D eigenvalue weighted by molar-refractivity contribution is 6.30. The number of ether oxygens (including phenoxy) is 1. The third-order valence-corrected chi connectivity index (χ3v) is 4.01. The summed E-state index contributed by atoms with van der Waals surface area (Å²) >= 11 is 5.85. The molecule has 19 heavy (non-hydrogen) atoms. The van der Waals surface area contributed by atoms with Crippen LogP contribution in [0.1, 0.15) is 39.7 Å². The monoisotopic (exact) mass is 280 g/mol. The smallest absolute Gasteiger partial charge is 0.143 e. The number of halogens is 1. The SMILES string of the molecule is CC1(C)CC(C(=O)Cc2ccc(Cl)cc2)C(C)(C)O1. The van der Waals surface area contributed by atoms with E-state index in [1.54, 1.807) is 0 Å². The lowest BCUT2D eigenvalue weighted by Gasteiger charge is -2.26. The molecule has 1 heterocycles. The van der Waals surface area contributed by atoms with Crippen LogP contribution in [0.3, 0.4) is 0 Å². The summed E-state index contributed by atoms with van der Waals surface area (Å²) in [5.74, 6) is 0.205. The number of benzene rings is 1. The zero-order chi connectivity index (χ0) is 14.3. The second-order valence-electron chi connectivity index (χ2n) is 6.49. The molecule has 1 atom stereocenters. The van der Waals surface area contributed by atoms with Crippen molar-refractivity contribution < 1.29 is 9.53 Å². The Kier molecular flexibility index (Phi) is 3.76. The van der Waals surface area contributed by atoms with Crippen molar-refractivity contribution in [1.29, 1.82) is 0 Å². The summed E-state index contributed by atoms with van der Waals surface area (Å²) in [4.78, 5) is 12.5. The minimum Gasteiger partial charge on any atom is -0.369 e. The van der Waals surface area contributed by atoms with Gasteiger partial charge in [0.15, 0.2) is 0 Å². The van der Waals surface area contributed by atoms with Crippen molar-refractivity contribution in [2.24, 2.45) is 5.92 Å². The fraction of sp³-hybridized carbons (Fsp3) is 0.562. The lowest BCUT2D eigenvalue weighted by molar-refractivity contribution is -0.128. The quantitative estimate of drug-likeness (QED) is 0.835. The number of rotatable bonds is 3. The van der Waals surface area contributed by atoms with E-state index in [1.165, 1.54) is 0 Å². The van der Waals surface area contributed by atoms with E-state index in [-0.39, 0.29) is 22.9 Å². The fourth-order valence-corrected chi connectivity index (χ4v) is 3.12. The summed E-state index contributed by atoms with van der Waals surface area (Å²) < 4.78 is 5.98. The van der Waals surface area contributed by atoms with Crippen LogP contribution in [0.25, 0.3) is 0 Å². The molecule has 0 spiro atoms. The summed E-state index contributed by atoms with van der Waals surface area (Å²) in [6.45, 7) is 8.10. The maximum atomic E-state index is 12.5. The lowest BCUT2D eigenvalue weighted by atomic mass is 9.82. The van der Waals surface area contributed by atoms with Gasteiger partial charge in [-0.25, -0.2) is 0 Å². The van der Waals surface area contributed by atoms with Gasteiger partial charge in [-0.15, -0.1) is 0 Å². The van der Waals surface area contributed by atoms with Gasteiger partial charge in [-0.2, -0.15) is 0 Å². The van der Waals surface area contributed by atoms with Crippen molar-refractivity contribution in [3.63, 3.8) is 0 Å². The zero-order valence-electron chi connectivity index (χ0n) is 12.0. The van der Waals surface area contributed by atoms with E-state index in [4.69, 9.17) is 16.3 Å². The van der Waals surface area contributed by atoms with Crippen molar-refractivity contribution in [2.45, 2.75) is 51.7 Å². The molecule has 0 aromatic heterocycles. The number of hydrogen-bond donors (Lipinski definition) is 0. The first-order valence-corrected chi connectivity index (χ1v) is 7.05. The molecule has 1 aliphatic heterocycles. The highest BCUT2D eigenvalue weighted by Crippen LogP contribution is 2.42. The van der Waals surface area contributed by atoms with Crippen LogP contribution in [0.15, 0.2) is 24.3 Å². The van der Waals surface area contributed by atoms with E-state index in [0.29, 0.717) is 11.4 Å². The van der Waals surface area contributed by atoms with Gasteiger partial charge in [-0.05, 0) is 51.8 Å². The second kappa shape index (κ2) is 4.92. The number of ketones is 1. The average Bonchev–Trinajstić information content (AvgIpc) is 2.50. The highest BCUT2D eigenvalue weighted by atomic mass is 35.5. The minimum absolute atomic E-state index is 0.0434. The number of Topliss-reactive ketones (excluding diaryl/α,β-unsaturated/α-hetero) is 1. The molecule has 1 aromatic carbocycles. The van der Waals surface area contributed by atoms with Gasteiger partial charge >= 0.3 is 0 Å². The van der Waals surface area contributed by atoms with Crippen molar-refractivity contribution in [3.05, 3.63) is 34.9 Å². The highest BCUT2D eigenvalue weighted by Gasteiger charge is 2.48. The maximum Gasteiger partial charge on any atom is 0.143 e. The van der Waals surface area contributed by atoms with E-state index in [2.05, 4.69) is 0 Å². The van der Waals surface area contributed by atoms with Gasteiger partial charge in [0.25, 0.3) is 0 Å². The molecule has 2 rings (SSSR count). The van der Waals surface area contributed by atoms with E-state index in [9.17, 15) is 4.79 Å². The molecule has 0 saturated carbocycles. The van der Waals surface area contributed by atoms with E-state index in [0.717, 1.165) is 12.0 Å². The maximum absolute atomic E-state index is 12.5. The second-order valence-corrected chi connectivity index (χ2v) is 6.93. The Bertz CT molecular complexity index is 474. The summed E-state index contributed by atoms with van der Waals surface area (Å²) in [6.07, 6.45) is 1.23. The largest absolute Gasteiger partial charge is 0.369 e. The molecule has 0 radical (unpaired) electrons. The molecule has 2 nitrogen and oxygen atoms in total. The molecular formula is C16H21ClO2. The number of hydrogen-bond acceptors (Lipinski definition) is 2. The molecular weight excluding hydrogens is 260 g/mol. The Hall–Kier alpha value is -0.860. The van der Waals surface area contributed by atoms with E-state index >= 15 is 0 Å². The van der Waals surface area contributed by atoms with Crippen LogP contribution in [0, 0.1) is 5.92 Å². The van der Waals surface area contributed by atoms with Gasteiger partial charge in [0, 0.05) is 17.4 Å². The molecule has 0 aliphatic carbocycles. The molecule has 1 fully saturated rings. The molecule has 1 saturated heterocycles. The van der Waals surface area contributed by atoms with Gasteiger partial charge in [-0.3, -0.25) is 4.79 Å². The Morgan fingerprint density at radius 3 is 2.32 bits per heavy atom. The first-order valence-electron chi connectivity index (χ1n) is 6.67. The standard InChI is InChI=1S/C16H21ClO2/c1-15(2)10-13(16(3,4)19-15)14(18)9-11-5-7-12(17)8-6-11/h5-8,13H,9-10H2,1-4H3. The van der Waals surface area contributed by atoms with E-state index < -0.39 is 0 Å². The Morgan fingerprint density at radius 2 is 1.84 bits per heavy atom. The van der Waals surface area contributed by atoms with Gasteiger partial charge in [0.05, 0.1) is 11.2 Å². The molecule has 1 unspecified atom stereocenters. The van der Waals surface area contributed by atoms with Gasteiger partial charge < -0.3 is 4.74 Å². The first-order chi connectivity index (χ1) is 8.70. The van der Waals surface area contributed by atoms with Gasteiger partial charge in [-0.1, -0.05) is 23.7 Å². The topological polar surface area (TPSA) is 26.3 Å². The summed E-state index contributed by atoms with van der Waals surface area (Å²) in [7, 11) is 0. The molecule has 0 N–H and O–H groups in total. The average molecular weight is 281 g/mol. The van der Waals surface area contributed by atoms with Crippen molar-refractivity contribution in [2.75, 3.05) is 0 Å². The van der Waals surface area contributed by atoms with Crippen molar-refractivity contribution in [1.82, 2.24) is 0 Å². The van der Waals surface area contributed by atoms with E-state index in [1.807, 2.05) is 52.0 Å². The Morgan fingerprint density at radius 1 is 1.26 bits per heavy atom. The summed E-state index contributed by atoms with van der Waals surface area (Å²) in [5, 5.41) is 0.696. The predicted octanol–water partition coefficient (Wildman–Crippen LogP) is 4.05. The van der Waals surface area contributed by atoms with Crippen LogP contribution in [-0.4, -0.2) is 17.0 Å². The van der Waals surface area contributed by atoms with Crippen molar-refractivity contribution >= 4 is 17.4 Å². The van der Waals surface area contributed by atoms with Gasteiger partial charge in [0.1, 0.15) is 5.78 Å². The van der Waals surface area contributed by atoms with Crippen LogP contribution in [-0.2, 0) is 16.0 Å². The zero-order valence-corrected chi connectivity index (χ0v) is 12.8. The van der Waals surface area contributed by atoms with Crippen LogP contribution >= 0.6 is 11.6 Å². The minimum atomic E-state index is -0.382. The molecule has 1 aromatic rings. The third-order valence-electron chi connectivity index (χ3n) is 3.75. The van der Waals surface area contributed by atoms with Crippen molar-refractivity contribution in [3.8, 4) is 0 Å². The fourth-order valence-electron chi connectivity index (χ4n) is 2.99. The third kappa shape index (κ3) is 3.37. The molecule has 104 valence electrons. The Balaban J connectivity index is 2.10. The van der Waals surface area contributed by atoms with Crippen LogP contribution in [0.5, 0.6) is 0 Å². The van der Waals surface area contributed by atoms with Crippen LogP contribution < -0.4 is 0 Å². The van der Waals surface area contributed by atoms with Crippen LogP contribution in [0.4, 0.5) is 0 Å². The van der Waals surface area contributed by atoms with Gasteiger partial charge in [0.2, 0.25) is 0 Å². The predicted molar refractivity (Wildman–Crippen MR) is 77.5 cm³/mol. The number of carbonyl (C=O) groups is 1. The van der Waals surface area contributed by atoms with Crippen LogP contribution in [0.2, 0.25) is 5.02 Å². The Labute approximate surface area is 120 Å². The molecule has 0 amide bonds. The molecule has 0 bridgehead atoms. The summed E-state index contributed by atoms with van der Waals surface area (Å²) in [5.41, 5.74) is 0.409. The normalized spacial score (nSPS) is 24.4. The molecule has 1 aliphatic rings. The lowest BCUT2D eigenvalue weighted by Crippen LogP contribution is -2.34.